The number of amides is 2. The van der Waals surface area contributed by atoms with Crippen molar-refractivity contribution >= 4 is 29.0 Å². The zero-order valence-corrected chi connectivity index (χ0v) is 20.4. The molecule has 4 rings (SSSR count). The molecule has 2 aliphatic heterocycles. The summed E-state index contributed by atoms with van der Waals surface area (Å²) >= 11 is 0. The fourth-order valence-corrected chi connectivity index (χ4v) is 4.43. The third-order valence-corrected chi connectivity index (χ3v) is 6.37. The van der Waals surface area contributed by atoms with E-state index in [1.54, 1.807) is 0 Å². The molecule has 2 N–H and O–H groups in total. The number of likely N-dealkylation sites (tertiary alicyclic amines) is 1. The average molecular weight is 468 g/mol. The lowest BCUT2D eigenvalue weighted by molar-refractivity contribution is 0.122. The molecule has 184 valence electrons. The summed E-state index contributed by atoms with van der Waals surface area (Å²) in [5.41, 5.74) is 1.69. The number of benzene rings is 1. The van der Waals surface area contributed by atoms with Crippen molar-refractivity contribution in [3.05, 3.63) is 36.2 Å². The monoisotopic (exact) mass is 467 g/mol. The van der Waals surface area contributed by atoms with Crippen LogP contribution in [-0.4, -0.2) is 80.4 Å². The predicted molar refractivity (Wildman–Crippen MR) is 136 cm³/mol. The predicted octanol–water partition coefficient (Wildman–Crippen LogP) is 3.39. The van der Waals surface area contributed by atoms with Crippen LogP contribution in [0.25, 0.3) is 0 Å². The first-order chi connectivity index (χ1) is 16.6. The number of hydrogen-bond donors (Lipinski definition) is 2. The highest BCUT2D eigenvalue weighted by molar-refractivity contribution is 5.90. The van der Waals surface area contributed by atoms with Gasteiger partial charge in [-0.25, -0.2) is 14.8 Å². The largest absolute Gasteiger partial charge is 0.378 e. The molecule has 2 aromatic rings. The highest BCUT2D eigenvalue weighted by Crippen LogP contribution is 2.27. The summed E-state index contributed by atoms with van der Waals surface area (Å²) < 4.78 is 5.46. The van der Waals surface area contributed by atoms with Crippen LogP contribution in [0.1, 0.15) is 31.5 Å². The molecule has 2 aliphatic rings. The molecule has 0 spiro atoms. The van der Waals surface area contributed by atoms with E-state index in [4.69, 9.17) is 4.74 Å². The highest BCUT2D eigenvalue weighted by atomic mass is 16.5. The Morgan fingerprint density at radius 1 is 1.09 bits per heavy atom. The third-order valence-electron chi connectivity index (χ3n) is 6.37. The van der Waals surface area contributed by atoms with Crippen LogP contribution in [-0.2, 0) is 4.74 Å². The number of anilines is 4. The van der Waals surface area contributed by atoms with Crippen molar-refractivity contribution in [1.82, 2.24) is 20.2 Å². The van der Waals surface area contributed by atoms with Crippen molar-refractivity contribution in [3.8, 4) is 0 Å². The Balaban J connectivity index is 1.30. The van der Waals surface area contributed by atoms with Crippen LogP contribution < -0.4 is 20.4 Å². The van der Waals surface area contributed by atoms with Gasteiger partial charge < -0.3 is 30.1 Å². The summed E-state index contributed by atoms with van der Waals surface area (Å²) in [5.74, 6) is 2.45. The second-order valence-corrected chi connectivity index (χ2v) is 8.98. The number of morpholine rings is 1. The van der Waals surface area contributed by atoms with E-state index in [0.717, 1.165) is 61.3 Å². The van der Waals surface area contributed by atoms with Gasteiger partial charge in [0, 0.05) is 44.1 Å². The molecule has 3 heterocycles. The minimum absolute atomic E-state index is 0.173. The molecule has 1 aromatic heterocycles. The van der Waals surface area contributed by atoms with E-state index < -0.39 is 0 Å². The van der Waals surface area contributed by atoms with Crippen molar-refractivity contribution in [2.45, 2.75) is 32.6 Å². The number of aromatic nitrogens is 2. The van der Waals surface area contributed by atoms with Gasteiger partial charge >= 0.3 is 6.03 Å². The fourth-order valence-electron chi connectivity index (χ4n) is 4.43. The number of ether oxygens (including phenoxy) is 1. The van der Waals surface area contributed by atoms with Crippen molar-refractivity contribution < 1.29 is 9.53 Å². The number of rotatable bonds is 9. The minimum Gasteiger partial charge on any atom is -0.378 e. The lowest BCUT2D eigenvalue weighted by Crippen LogP contribution is -2.37. The molecule has 1 aromatic carbocycles. The van der Waals surface area contributed by atoms with Crippen LogP contribution in [0.4, 0.5) is 27.8 Å². The quantitative estimate of drug-likeness (QED) is 0.547. The summed E-state index contributed by atoms with van der Waals surface area (Å²) in [6, 6.07) is 9.64. The Morgan fingerprint density at radius 2 is 1.88 bits per heavy atom. The topological polar surface area (TPSA) is 85.9 Å². The van der Waals surface area contributed by atoms with Crippen molar-refractivity contribution in [3.63, 3.8) is 0 Å². The number of urea groups is 1. The summed E-state index contributed by atoms with van der Waals surface area (Å²) in [6.07, 6.45) is 4.75. The lowest BCUT2D eigenvalue weighted by Gasteiger charge is -2.29. The molecule has 2 fully saturated rings. The maximum Gasteiger partial charge on any atom is 0.319 e. The summed E-state index contributed by atoms with van der Waals surface area (Å²) in [5, 5.41) is 5.92. The van der Waals surface area contributed by atoms with Crippen molar-refractivity contribution in [2.24, 2.45) is 0 Å². The molecule has 0 unspecified atom stereocenters. The molecule has 2 saturated heterocycles. The van der Waals surface area contributed by atoms with E-state index in [-0.39, 0.29) is 6.03 Å². The fraction of sp³-hybridized carbons (Fsp3) is 0.560. The second-order valence-electron chi connectivity index (χ2n) is 8.98. The van der Waals surface area contributed by atoms with E-state index in [0.29, 0.717) is 19.8 Å². The Labute approximate surface area is 202 Å². The number of hydrogen-bond acceptors (Lipinski definition) is 7. The van der Waals surface area contributed by atoms with Gasteiger partial charge in [0.2, 0.25) is 0 Å². The van der Waals surface area contributed by atoms with Gasteiger partial charge in [0.1, 0.15) is 17.5 Å². The molecular formula is C25H37N7O2. The molecule has 0 radical (unpaired) electrons. The molecule has 9 heteroatoms. The zero-order chi connectivity index (χ0) is 23.8. The number of unbranched alkanes of at least 4 members (excludes halogenated alkanes) is 1. The molecule has 0 bridgehead atoms. The second kappa shape index (κ2) is 12.0. The van der Waals surface area contributed by atoms with E-state index in [1.807, 2.05) is 49.2 Å². The Kier molecular flexibility index (Phi) is 8.54. The number of aryl methyl sites for hydroxylation is 1. The van der Waals surface area contributed by atoms with E-state index in [2.05, 4.69) is 30.4 Å². The highest BCUT2D eigenvalue weighted by Gasteiger charge is 2.16. The normalized spacial score (nSPS) is 16.5. The summed E-state index contributed by atoms with van der Waals surface area (Å²) in [7, 11) is 1.98. The average Bonchev–Trinajstić information content (AvgIpc) is 3.37. The van der Waals surface area contributed by atoms with E-state index in [1.165, 1.54) is 25.9 Å². The first-order valence-corrected chi connectivity index (χ1v) is 12.4. The third kappa shape index (κ3) is 6.80. The van der Waals surface area contributed by atoms with Gasteiger partial charge in [-0.05, 0) is 70.4 Å². The number of nitrogens with zero attached hydrogens (tertiary/aromatic N) is 5. The van der Waals surface area contributed by atoms with Crippen molar-refractivity contribution in [2.75, 3.05) is 74.6 Å². The smallest absolute Gasteiger partial charge is 0.319 e. The maximum atomic E-state index is 12.4. The SMILES string of the molecule is Cc1nc(N2CCOCC2)cc(N(C)c2cccc(NC(=O)NCCCCN3CCCC3)c2)n1. The number of nitrogens with one attached hydrogen (secondary N) is 2. The Morgan fingerprint density at radius 3 is 2.68 bits per heavy atom. The van der Waals surface area contributed by atoms with Crippen LogP contribution in [0.15, 0.2) is 30.3 Å². The lowest BCUT2D eigenvalue weighted by atomic mass is 10.2. The maximum absolute atomic E-state index is 12.4. The van der Waals surface area contributed by atoms with Crippen LogP contribution in [0.2, 0.25) is 0 Å². The van der Waals surface area contributed by atoms with Crippen LogP contribution in [0.3, 0.4) is 0 Å². The molecule has 0 aliphatic carbocycles. The van der Waals surface area contributed by atoms with Gasteiger partial charge in [0.15, 0.2) is 0 Å². The number of carbonyl (C=O) groups is 1. The Hall–Kier alpha value is -2.91. The van der Waals surface area contributed by atoms with Crippen molar-refractivity contribution in [1.29, 1.82) is 0 Å². The van der Waals surface area contributed by atoms with E-state index >= 15 is 0 Å². The van der Waals surface area contributed by atoms with Gasteiger partial charge in [0.05, 0.1) is 13.2 Å². The standard InChI is InChI=1S/C25H37N7O2/c1-20-27-23(19-24(28-20)32-14-16-34-17-15-32)30(2)22-9-7-8-21(18-22)29-25(33)26-10-3-4-11-31-12-5-6-13-31/h7-9,18-19H,3-6,10-17H2,1-2H3,(H2,26,29,33). The van der Waals surface area contributed by atoms with Crippen LogP contribution in [0, 0.1) is 6.92 Å². The van der Waals surface area contributed by atoms with Gasteiger partial charge in [0.25, 0.3) is 0 Å². The summed E-state index contributed by atoms with van der Waals surface area (Å²) in [4.78, 5) is 28.4. The van der Waals surface area contributed by atoms with Gasteiger partial charge in [-0.3, -0.25) is 0 Å². The molecule has 0 atom stereocenters. The summed E-state index contributed by atoms with van der Waals surface area (Å²) in [6.45, 7) is 9.25. The molecule has 0 saturated carbocycles. The van der Waals surface area contributed by atoms with E-state index in [9.17, 15) is 4.79 Å². The molecular weight excluding hydrogens is 430 g/mol. The van der Waals surface area contributed by atoms with Crippen LogP contribution >= 0.6 is 0 Å². The zero-order valence-electron chi connectivity index (χ0n) is 20.4. The first-order valence-electron chi connectivity index (χ1n) is 12.4. The van der Waals surface area contributed by atoms with Crippen LogP contribution in [0.5, 0.6) is 0 Å². The van der Waals surface area contributed by atoms with Gasteiger partial charge in [-0.2, -0.15) is 0 Å². The molecule has 9 nitrogen and oxygen atoms in total. The molecule has 34 heavy (non-hydrogen) atoms. The molecule has 2 amide bonds. The van der Waals surface area contributed by atoms with Gasteiger partial charge in [-0.1, -0.05) is 6.07 Å². The first kappa shape index (κ1) is 24.2. The minimum atomic E-state index is -0.173. The Bertz CT molecular complexity index is 943. The number of carbonyl (C=O) groups excluding carboxylic acids is 1. The van der Waals surface area contributed by atoms with Gasteiger partial charge in [-0.15, -0.1) is 0 Å².